The highest BCUT2D eigenvalue weighted by Crippen LogP contribution is 2.21. The van der Waals surface area contributed by atoms with Gasteiger partial charge in [0, 0.05) is 44.5 Å². The van der Waals surface area contributed by atoms with E-state index in [1.165, 1.54) is 6.07 Å². The average Bonchev–Trinajstić information content (AvgIpc) is 2.85. The number of hydrogen-bond acceptors (Lipinski definition) is 10. The molecule has 33 heavy (non-hydrogen) atoms. The van der Waals surface area contributed by atoms with Crippen molar-refractivity contribution in [3.05, 3.63) is 35.2 Å². The van der Waals surface area contributed by atoms with Gasteiger partial charge in [0.15, 0.2) is 0 Å². The minimum Gasteiger partial charge on any atom is -0.476 e. The second kappa shape index (κ2) is 11.5. The number of amides is 2. The summed E-state index contributed by atoms with van der Waals surface area (Å²) in [6.07, 6.45) is 0. The maximum absolute atomic E-state index is 12.5. The van der Waals surface area contributed by atoms with Gasteiger partial charge in [0.25, 0.3) is 0 Å². The Morgan fingerprint density at radius 1 is 1.03 bits per heavy atom. The Labute approximate surface area is 191 Å². The molecule has 2 amide bonds. The average molecular weight is 457 g/mol. The Morgan fingerprint density at radius 3 is 2.55 bits per heavy atom. The van der Waals surface area contributed by atoms with E-state index in [1.54, 1.807) is 24.3 Å². The monoisotopic (exact) mass is 457 g/mol. The van der Waals surface area contributed by atoms with Gasteiger partial charge in [0.1, 0.15) is 18.1 Å². The van der Waals surface area contributed by atoms with Crippen molar-refractivity contribution in [2.75, 3.05) is 81.3 Å². The number of carbonyl (C=O) groups is 1. The molecule has 2 aliphatic heterocycles. The number of nitroso groups, excluding NO2 is 1. The van der Waals surface area contributed by atoms with Crippen molar-refractivity contribution in [2.45, 2.75) is 0 Å². The maximum atomic E-state index is 12.5. The van der Waals surface area contributed by atoms with Crippen molar-refractivity contribution in [1.82, 2.24) is 14.9 Å². The third-order valence-corrected chi connectivity index (χ3v) is 5.20. The standard InChI is InChI=1S/C21H27N7O5/c29-21(22-16-2-1-3-17(14-16)26-30)24-18-15-19(33-13-6-27-4-9-31-10-5-27)25-20(23-18)28-7-11-32-12-8-28/h1-3,14-15H,4-13H2,(H2,22,23,24,25,29). The van der Waals surface area contributed by atoms with E-state index in [1.807, 2.05) is 4.90 Å². The summed E-state index contributed by atoms with van der Waals surface area (Å²) in [5.41, 5.74) is 0.662. The highest BCUT2D eigenvalue weighted by Gasteiger charge is 2.18. The van der Waals surface area contributed by atoms with Crippen molar-refractivity contribution < 1.29 is 19.0 Å². The fraction of sp³-hybridized carbons (Fsp3) is 0.476. The molecule has 2 saturated heterocycles. The fourth-order valence-electron chi connectivity index (χ4n) is 3.48. The van der Waals surface area contributed by atoms with Gasteiger partial charge < -0.3 is 24.4 Å². The highest BCUT2D eigenvalue weighted by molar-refractivity contribution is 5.99. The van der Waals surface area contributed by atoms with Crippen LogP contribution >= 0.6 is 0 Å². The van der Waals surface area contributed by atoms with E-state index < -0.39 is 6.03 Å². The largest absolute Gasteiger partial charge is 0.476 e. The number of aromatic nitrogens is 2. The summed E-state index contributed by atoms with van der Waals surface area (Å²) in [7, 11) is 0. The zero-order valence-corrected chi connectivity index (χ0v) is 18.2. The van der Waals surface area contributed by atoms with Gasteiger partial charge >= 0.3 is 6.03 Å². The number of anilines is 3. The fourth-order valence-corrected chi connectivity index (χ4v) is 3.48. The zero-order chi connectivity index (χ0) is 22.9. The number of benzene rings is 1. The van der Waals surface area contributed by atoms with Gasteiger partial charge in [-0.05, 0) is 23.4 Å². The quantitative estimate of drug-likeness (QED) is 0.572. The summed E-state index contributed by atoms with van der Waals surface area (Å²) >= 11 is 0. The number of ether oxygens (including phenoxy) is 3. The van der Waals surface area contributed by atoms with Crippen molar-refractivity contribution in [3.63, 3.8) is 0 Å². The number of urea groups is 1. The number of nitrogens with zero attached hydrogens (tertiary/aromatic N) is 5. The molecule has 0 saturated carbocycles. The second-order valence-electron chi connectivity index (χ2n) is 7.51. The smallest absolute Gasteiger partial charge is 0.324 e. The van der Waals surface area contributed by atoms with Crippen LogP contribution in [0.1, 0.15) is 0 Å². The van der Waals surface area contributed by atoms with Crippen LogP contribution in [0.5, 0.6) is 5.88 Å². The van der Waals surface area contributed by atoms with Crippen LogP contribution < -0.4 is 20.3 Å². The van der Waals surface area contributed by atoms with E-state index >= 15 is 0 Å². The van der Waals surface area contributed by atoms with Crippen LogP contribution in [0.2, 0.25) is 0 Å². The van der Waals surface area contributed by atoms with Crippen LogP contribution in [-0.2, 0) is 9.47 Å². The van der Waals surface area contributed by atoms with Crippen LogP contribution in [0.3, 0.4) is 0 Å². The van der Waals surface area contributed by atoms with Crippen molar-refractivity contribution in [2.24, 2.45) is 5.18 Å². The molecule has 0 spiro atoms. The number of nitrogens with one attached hydrogen (secondary N) is 2. The van der Waals surface area contributed by atoms with Gasteiger partial charge in [-0.2, -0.15) is 9.97 Å². The summed E-state index contributed by atoms with van der Waals surface area (Å²) in [4.78, 5) is 36.5. The zero-order valence-electron chi connectivity index (χ0n) is 18.2. The molecule has 1 aromatic carbocycles. The molecule has 0 unspecified atom stereocenters. The number of morpholine rings is 2. The highest BCUT2D eigenvalue weighted by atomic mass is 16.5. The van der Waals surface area contributed by atoms with Gasteiger partial charge in [-0.1, -0.05) is 6.07 Å². The lowest BCUT2D eigenvalue weighted by atomic mass is 10.3. The molecule has 2 N–H and O–H groups in total. The summed E-state index contributed by atoms with van der Waals surface area (Å²) in [5, 5.41) is 8.26. The molecule has 12 nitrogen and oxygen atoms in total. The Morgan fingerprint density at radius 2 is 1.79 bits per heavy atom. The summed E-state index contributed by atoms with van der Waals surface area (Å²) < 4.78 is 16.7. The normalized spacial score (nSPS) is 16.8. The third-order valence-electron chi connectivity index (χ3n) is 5.20. The predicted octanol–water partition coefficient (Wildman–Crippen LogP) is 2.07. The van der Waals surface area contributed by atoms with E-state index in [2.05, 4.69) is 30.7 Å². The number of hydrogen-bond donors (Lipinski definition) is 2. The van der Waals surface area contributed by atoms with E-state index in [9.17, 15) is 9.70 Å². The lowest BCUT2D eigenvalue weighted by Crippen LogP contribution is -2.39. The minimum absolute atomic E-state index is 0.223. The lowest BCUT2D eigenvalue weighted by Gasteiger charge is -2.28. The first-order chi connectivity index (χ1) is 16.2. The molecule has 0 atom stereocenters. The van der Waals surface area contributed by atoms with Crippen molar-refractivity contribution >= 4 is 29.2 Å². The first-order valence-corrected chi connectivity index (χ1v) is 10.9. The summed E-state index contributed by atoms with van der Waals surface area (Å²) in [6.45, 7) is 6.86. The number of rotatable bonds is 8. The minimum atomic E-state index is -0.510. The SMILES string of the molecule is O=Nc1cccc(NC(=O)Nc2cc(OCCN3CCOCC3)nc(N3CCOCC3)n2)c1. The molecule has 1 aromatic heterocycles. The van der Waals surface area contributed by atoms with Crippen LogP contribution in [0.4, 0.5) is 27.9 Å². The molecular weight excluding hydrogens is 430 g/mol. The van der Waals surface area contributed by atoms with Crippen molar-refractivity contribution in [1.29, 1.82) is 0 Å². The topological polar surface area (TPSA) is 131 Å². The van der Waals surface area contributed by atoms with Crippen LogP contribution in [0.25, 0.3) is 0 Å². The molecule has 2 fully saturated rings. The predicted molar refractivity (Wildman–Crippen MR) is 122 cm³/mol. The molecule has 0 aliphatic carbocycles. The van der Waals surface area contributed by atoms with Gasteiger partial charge in [0.05, 0.1) is 26.4 Å². The number of carbonyl (C=O) groups excluding carboxylic acids is 1. The summed E-state index contributed by atoms with van der Waals surface area (Å²) in [6, 6.07) is 7.40. The lowest BCUT2D eigenvalue weighted by molar-refractivity contribution is 0.0320. The van der Waals surface area contributed by atoms with Crippen molar-refractivity contribution in [3.8, 4) is 5.88 Å². The first kappa shape index (κ1) is 22.8. The molecule has 2 aromatic rings. The van der Waals surface area contributed by atoms with E-state index in [4.69, 9.17) is 14.2 Å². The molecule has 176 valence electrons. The van der Waals surface area contributed by atoms with E-state index in [0.29, 0.717) is 56.2 Å². The summed E-state index contributed by atoms with van der Waals surface area (Å²) in [5.74, 6) is 1.14. The Bertz CT molecular complexity index is 948. The van der Waals surface area contributed by atoms with Gasteiger partial charge in [-0.15, -0.1) is 4.91 Å². The molecular formula is C21H27N7O5. The van der Waals surface area contributed by atoms with E-state index in [-0.39, 0.29) is 5.69 Å². The molecule has 4 rings (SSSR count). The van der Waals surface area contributed by atoms with E-state index in [0.717, 1.165) is 32.8 Å². The van der Waals surface area contributed by atoms with Gasteiger partial charge in [-0.3, -0.25) is 10.2 Å². The molecule has 3 heterocycles. The third kappa shape index (κ3) is 6.81. The Kier molecular flexibility index (Phi) is 7.95. The molecule has 2 aliphatic rings. The van der Waals surface area contributed by atoms with Gasteiger partial charge in [0.2, 0.25) is 11.8 Å². The van der Waals surface area contributed by atoms with Crippen LogP contribution in [0.15, 0.2) is 35.5 Å². The second-order valence-corrected chi connectivity index (χ2v) is 7.51. The van der Waals surface area contributed by atoms with Crippen LogP contribution in [-0.4, -0.2) is 86.7 Å². The Balaban J connectivity index is 1.43. The first-order valence-electron chi connectivity index (χ1n) is 10.9. The van der Waals surface area contributed by atoms with Crippen LogP contribution in [0, 0.1) is 4.91 Å². The Hall–Kier alpha value is -3.35. The molecule has 0 bridgehead atoms. The molecule has 12 heteroatoms. The van der Waals surface area contributed by atoms with Gasteiger partial charge in [-0.25, -0.2) is 4.79 Å². The maximum Gasteiger partial charge on any atom is 0.324 e. The molecule has 0 radical (unpaired) electrons.